The fraction of sp³-hybridized carbons (Fsp3) is 0.333. The van der Waals surface area contributed by atoms with Crippen LogP contribution in [0, 0.1) is 11.7 Å². The second-order valence-electron chi connectivity index (χ2n) is 8.34. The Kier molecular flexibility index (Phi) is 5.78. The van der Waals surface area contributed by atoms with Crippen LogP contribution >= 0.6 is 0 Å². The van der Waals surface area contributed by atoms with Crippen molar-refractivity contribution in [3.05, 3.63) is 71.5 Å². The van der Waals surface area contributed by atoms with Crippen LogP contribution < -0.4 is 5.32 Å². The number of amides is 4. The van der Waals surface area contributed by atoms with E-state index in [0.717, 1.165) is 4.90 Å². The number of Topliss-reactive ketones (excluding diaryl/α,β-unsaturated/α-hetero) is 1. The molecule has 0 spiro atoms. The molecule has 0 bridgehead atoms. The summed E-state index contributed by atoms with van der Waals surface area (Å²) < 4.78 is 13.2. The summed E-state index contributed by atoms with van der Waals surface area (Å²) in [6.07, 6.45) is 1.07. The summed E-state index contributed by atoms with van der Waals surface area (Å²) in [5.74, 6) is -1.43. The van der Waals surface area contributed by atoms with E-state index in [4.69, 9.17) is 0 Å². The predicted molar refractivity (Wildman–Crippen MR) is 114 cm³/mol. The minimum atomic E-state index is -1.36. The van der Waals surface area contributed by atoms with E-state index in [0.29, 0.717) is 37.1 Å². The Labute approximate surface area is 185 Å². The number of halogens is 1. The number of urea groups is 1. The van der Waals surface area contributed by atoms with E-state index in [1.54, 1.807) is 17.0 Å². The molecule has 8 heteroatoms. The number of likely N-dealkylation sites (tertiary alicyclic amines) is 1. The molecule has 0 radical (unpaired) electrons. The minimum absolute atomic E-state index is 0.0712. The molecule has 2 aliphatic heterocycles. The van der Waals surface area contributed by atoms with Gasteiger partial charge < -0.3 is 10.2 Å². The molecule has 2 saturated heterocycles. The number of hydrogen-bond donors (Lipinski definition) is 1. The first-order valence-corrected chi connectivity index (χ1v) is 10.6. The molecule has 1 atom stereocenters. The first kappa shape index (κ1) is 21.7. The lowest BCUT2D eigenvalue weighted by molar-refractivity contribution is -0.139. The number of rotatable bonds is 5. The van der Waals surface area contributed by atoms with Gasteiger partial charge in [0.2, 0.25) is 5.91 Å². The second-order valence-corrected chi connectivity index (χ2v) is 8.34. The van der Waals surface area contributed by atoms with Gasteiger partial charge in [-0.25, -0.2) is 9.18 Å². The molecule has 2 aromatic carbocycles. The zero-order valence-electron chi connectivity index (χ0n) is 17.7. The van der Waals surface area contributed by atoms with Crippen LogP contribution in [0.4, 0.5) is 9.18 Å². The van der Waals surface area contributed by atoms with Crippen molar-refractivity contribution in [3.8, 4) is 0 Å². The summed E-state index contributed by atoms with van der Waals surface area (Å²) in [7, 11) is 0. The minimum Gasteiger partial charge on any atom is -0.341 e. The molecule has 2 heterocycles. The topological polar surface area (TPSA) is 86.8 Å². The first-order valence-electron chi connectivity index (χ1n) is 10.6. The van der Waals surface area contributed by atoms with Crippen LogP contribution in [0.2, 0.25) is 0 Å². The molecule has 0 saturated carbocycles. The van der Waals surface area contributed by atoms with Gasteiger partial charge in [0.05, 0.1) is 0 Å². The number of nitrogens with one attached hydrogen (secondary N) is 1. The van der Waals surface area contributed by atoms with Gasteiger partial charge in [-0.15, -0.1) is 0 Å². The average molecular weight is 437 g/mol. The average Bonchev–Trinajstić information content (AvgIpc) is 3.03. The molecule has 4 amide bonds. The van der Waals surface area contributed by atoms with E-state index in [1.165, 1.54) is 31.2 Å². The van der Waals surface area contributed by atoms with E-state index in [-0.39, 0.29) is 24.2 Å². The van der Waals surface area contributed by atoms with Crippen molar-refractivity contribution in [3.63, 3.8) is 0 Å². The highest BCUT2D eigenvalue weighted by molar-refractivity contribution is 6.09. The van der Waals surface area contributed by atoms with Crippen LogP contribution in [0.25, 0.3) is 0 Å². The maximum Gasteiger partial charge on any atom is 0.325 e. The monoisotopic (exact) mass is 437 g/mol. The lowest BCUT2D eigenvalue weighted by Crippen LogP contribution is -2.47. The maximum atomic E-state index is 13.2. The summed E-state index contributed by atoms with van der Waals surface area (Å²) in [5, 5.41) is 2.61. The largest absolute Gasteiger partial charge is 0.341 e. The third-order valence-electron chi connectivity index (χ3n) is 6.27. The lowest BCUT2D eigenvalue weighted by Gasteiger charge is -2.32. The van der Waals surface area contributed by atoms with Crippen molar-refractivity contribution < 1.29 is 23.6 Å². The Hall–Kier alpha value is -3.55. The van der Waals surface area contributed by atoms with Gasteiger partial charge in [-0.1, -0.05) is 42.5 Å². The first-order chi connectivity index (χ1) is 15.3. The van der Waals surface area contributed by atoms with E-state index < -0.39 is 23.3 Å². The number of imide groups is 1. The molecular weight excluding hydrogens is 413 g/mol. The number of benzene rings is 2. The van der Waals surface area contributed by atoms with E-state index >= 15 is 0 Å². The van der Waals surface area contributed by atoms with Gasteiger partial charge in [0.15, 0.2) is 5.78 Å². The highest BCUT2D eigenvalue weighted by Gasteiger charge is 2.49. The number of piperidine rings is 1. The fourth-order valence-electron chi connectivity index (χ4n) is 4.28. The molecule has 0 unspecified atom stereocenters. The van der Waals surface area contributed by atoms with Crippen LogP contribution in [0.1, 0.15) is 35.7 Å². The van der Waals surface area contributed by atoms with Gasteiger partial charge in [0.25, 0.3) is 5.91 Å². The molecule has 7 nitrogen and oxygen atoms in total. The highest BCUT2D eigenvalue weighted by Crippen LogP contribution is 2.29. The highest BCUT2D eigenvalue weighted by atomic mass is 19.1. The standard InChI is InChI=1S/C24H24FN3O4/c1-24(18-7-9-19(25)10-8-18)22(31)28(23(32)26-24)15-20(29)27-13-11-17(12-14-27)21(30)16-5-3-2-4-6-16/h2-10,17H,11-15H2,1H3,(H,26,32)/t24-/m0/s1. The van der Waals surface area contributed by atoms with Crippen molar-refractivity contribution in [2.45, 2.75) is 25.3 Å². The van der Waals surface area contributed by atoms with E-state index in [9.17, 15) is 23.6 Å². The molecule has 2 fully saturated rings. The van der Waals surface area contributed by atoms with E-state index in [2.05, 4.69) is 5.32 Å². The molecule has 2 aromatic rings. The van der Waals surface area contributed by atoms with Crippen molar-refractivity contribution in [2.75, 3.05) is 19.6 Å². The van der Waals surface area contributed by atoms with Gasteiger partial charge in [0.1, 0.15) is 17.9 Å². The molecular formula is C24H24FN3O4. The Morgan fingerprint density at radius 1 is 1.03 bits per heavy atom. The molecule has 2 aliphatic rings. The van der Waals surface area contributed by atoms with Crippen molar-refractivity contribution in [1.29, 1.82) is 0 Å². The number of ketones is 1. The van der Waals surface area contributed by atoms with Gasteiger partial charge >= 0.3 is 6.03 Å². The SMILES string of the molecule is C[C@@]1(c2ccc(F)cc2)NC(=O)N(CC(=O)N2CCC(C(=O)c3ccccc3)CC2)C1=O. The number of carbonyl (C=O) groups is 4. The molecule has 0 aromatic heterocycles. The summed E-state index contributed by atoms with van der Waals surface area (Å²) in [6, 6.07) is 13.7. The van der Waals surface area contributed by atoms with Crippen LogP contribution in [-0.4, -0.2) is 53.1 Å². The maximum absolute atomic E-state index is 13.2. The summed E-state index contributed by atoms with van der Waals surface area (Å²) in [6.45, 7) is 1.94. The van der Waals surface area contributed by atoms with Gasteiger partial charge in [-0.3, -0.25) is 19.3 Å². The van der Waals surface area contributed by atoms with Crippen molar-refractivity contribution >= 4 is 23.6 Å². The van der Waals surface area contributed by atoms with Crippen LogP contribution in [0.5, 0.6) is 0 Å². The number of nitrogens with zero attached hydrogens (tertiary/aromatic N) is 2. The Morgan fingerprint density at radius 3 is 2.28 bits per heavy atom. The van der Waals surface area contributed by atoms with E-state index in [1.807, 2.05) is 18.2 Å². The Balaban J connectivity index is 1.37. The fourth-order valence-corrected chi connectivity index (χ4v) is 4.28. The third kappa shape index (κ3) is 4.00. The number of hydrogen-bond acceptors (Lipinski definition) is 4. The number of carbonyl (C=O) groups excluding carboxylic acids is 4. The normalized spacial score (nSPS) is 21.6. The van der Waals surface area contributed by atoms with Crippen molar-refractivity contribution in [2.24, 2.45) is 5.92 Å². The van der Waals surface area contributed by atoms with Gasteiger partial charge in [0, 0.05) is 24.6 Å². The summed E-state index contributed by atoms with van der Waals surface area (Å²) in [5.41, 5.74) is -0.260. The van der Waals surface area contributed by atoms with Gasteiger partial charge in [-0.2, -0.15) is 0 Å². The predicted octanol–water partition coefficient (Wildman–Crippen LogP) is 2.71. The zero-order valence-corrected chi connectivity index (χ0v) is 17.7. The molecule has 0 aliphatic carbocycles. The van der Waals surface area contributed by atoms with Crippen molar-refractivity contribution in [1.82, 2.24) is 15.1 Å². The quantitative estimate of drug-likeness (QED) is 0.576. The second kappa shape index (κ2) is 8.53. The Morgan fingerprint density at radius 2 is 1.66 bits per heavy atom. The molecule has 4 rings (SSSR count). The molecule has 1 N–H and O–H groups in total. The van der Waals surface area contributed by atoms with Crippen LogP contribution in [0.15, 0.2) is 54.6 Å². The zero-order chi connectivity index (χ0) is 22.9. The van der Waals surface area contributed by atoms with Gasteiger partial charge in [-0.05, 0) is 37.5 Å². The molecule has 166 valence electrons. The smallest absolute Gasteiger partial charge is 0.325 e. The lowest BCUT2D eigenvalue weighted by atomic mass is 9.89. The third-order valence-corrected chi connectivity index (χ3v) is 6.27. The van der Waals surface area contributed by atoms with Crippen LogP contribution in [0.3, 0.4) is 0 Å². The molecule has 32 heavy (non-hydrogen) atoms. The summed E-state index contributed by atoms with van der Waals surface area (Å²) in [4.78, 5) is 53.4. The Bertz CT molecular complexity index is 1050. The van der Waals surface area contributed by atoms with Crippen LogP contribution in [-0.2, 0) is 15.1 Å². The summed E-state index contributed by atoms with van der Waals surface area (Å²) >= 11 is 0.